The average Bonchev–Trinajstić information content (AvgIpc) is 3.01. The number of aromatic carboxylic acids is 2. The highest BCUT2D eigenvalue weighted by Crippen LogP contribution is 2.34. The molecule has 21 heavy (non-hydrogen) atoms. The molecule has 2 heterocycles. The molecule has 0 aliphatic carbocycles. The highest BCUT2D eigenvalue weighted by molar-refractivity contribution is 7.22. The molecule has 106 valence electrons. The van der Waals surface area contributed by atoms with E-state index in [1.54, 1.807) is 12.1 Å². The summed E-state index contributed by atoms with van der Waals surface area (Å²) in [6, 6.07) is 5.80. The fourth-order valence-corrected chi connectivity index (χ4v) is 2.84. The molecule has 0 spiro atoms. The second kappa shape index (κ2) is 4.67. The van der Waals surface area contributed by atoms with Gasteiger partial charge in [-0.1, -0.05) is 6.07 Å². The number of hydrogen-bond donors (Lipinski definition) is 2. The van der Waals surface area contributed by atoms with Crippen LogP contribution in [0.4, 0.5) is 4.39 Å². The van der Waals surface area contributed by atoms with Crippen LogP contribution in [0.3, 0.4) is 0 Å². The zero-order valence-corrected chi connectivity index (χ0v) is 11.0. The summed E-state index contributed by atoms with van der Waals surface area (Å²) in [6.45, 7) is 0. The minimum absolute atomic E-state index is 0.119. The first-order valence-electron chi connectivity index (χ1n) is 5.62. The Hall–Kier alpha value is -2.74. The van der Waals surface area contributed by atoms with Gasteiger partial charge in [0, 0.05) is 4.70 Å². The minimum Gasteiger partial charge on any atom is -0.476 e. The summed E-state index contributed by atoms with van der Waals surface area (Å²) in [4.78, 5) is 26.0. The van der Waals surface area contributed by atoms with Gasteiger partial charge in [0.05, 0.1) is 4.88 Å². The Kier molecular flexibility index (Phi) is 2.95. The van der Waals surface area contributed by atoms with E-state index >= 15 is 0 Å². The average molecular weight is 307 g/mol. The molecule has 1 aromatic carbocycles. The number of nitrogens with zero attached hydrogens (tertiary/aromatic N) is 1. The summed E-state index contributed by atoms with van der Waals surface area (Å²) in [7, 11) is 0. The Morgan fingerprint density at radius 2 is 1.95 bits per heavy atom. The molecule has 0 radical (unpaired) electrons. The molecule has 0 atom stereocenters. The van der Waals surface area contributed by atoms with Crippen LogP contribution in [0.25, 0.3) is 20.9 Å². The number of carbonyl (C=O) groups is 2. The van der Waals surface area contributed by atoms with Gasteiger partial charge in [-0.2, -0.15) is 0 Å². The SMILES string of the molecule is O=C(O)c1nc(-c2cc3ccc(F)cc3s2)oc1C(=O)O. The molecular weight excluding hydrogens is 301 g/mol. The second-order valence-electron chi connectivity index (χ2n) is 4.10. The third-order valence-corrected chi connectivity index (χ3v) is 3.80. The van der Waals surface area contributed by atoms with Crippen molar-refractivity contribution in [1.82, 2.24) is 4.98 Å². The van der Waals surface area contributed by atoms with Crippen molar-refractivity contribution < 1.29 is 28.6 Å². The molecule has 2 N–H and O–H groups in total. The van der Waals surface area contributed by atoms with Crippen molar-refractivity contribution >= 4 is 33.4 Å². The van der Waals surface area contributed by atoms with Gasteiger partial charge in [-0.15, -0.1) is 11.3 Å². The van der Waals surface area contributed by atoms with E-state index in [4.69, 9.17) is 14.6 Å². The number of thiophene rings is 1. The lowest BCUT2D eigenvalue weighted by atomic mass is 10.2. The summed E-state index contributed by atoms with van der Waals surface area (Å²) < 4.78 is 18.8. The first-order chi connectivity index (χ1) is 9.95. The zero-order chi connectivity index (χ0) is 15.1. The Bertz CT molecular complexity index is 850. The standard InChI is InChI=1S/C13H6FNO5S/c14-6-2-1-5-3-8(21-7(5)4-6)11-15-9(12(16)17)10(20-11)13(18)19/h1-4H,(H,16,17)(H,18,19). The van der Waals surface area contributed by atoms with Gasteiger partial charge >= 0.3 is 11.9 Å². The van der Waals surface area contributed by atoms with Gasteiger partial charge < -0.3 is 14.6 Å². The van der Waals surface area contributed by atoms with Crippen LogP contribution in [0.2, 0.25) is 0 Å². The van der Waals surface area contributed by atoms with Crippen LogP contribution >= 0.6 is 11.3 Å². The van der Waals surface area contributed by atoms with Gasteiger partial charge in [0.15, 0.2) is 0 Å². The maximum atomic E-state index is 13.1. The third kappa shape index (κ3) is 2.25. The highest BCUT2D eigenvalue weighted by atomic mass is 32.1. The smallest absolute Gasteiger partial charge is 0.374 e. The number of hydrogen-bond acceptors (Lipinski definition) is 5. The fraction of sp³-hybridized carbons (Fsp3) is 0. The summed E-state index contributed by atoms with van der Waals surface area (Å²) in [5.74, 6) is -4.26. The highest BCUT2D eigenvalue weighted by Gasteiger charge is 2.26. The molecule has 0 saturated carbocycles. The number of rotatable bonds is 3. The number of benzene rings is 1. The third-order valence-electron chi connectivity index (χ3n) is 2.72. The van der Waals surface area contributed by atoms with Crippen LogP contribution < -0.4 is 0 Å². The van der Waals surface area contributed by atoms with Crippen LogP contribution in [-0.4, -0.2) is 27.1 Å². The number of fused-ring (bicyclic) bond motifs is 1. The van der Waals surface area contributed by atoms with Crippen LogP contribution in [0.15, 0.2) is 28.7 Å². The van der Waals surface area contributed by atoms with Gasteiger partial charge in [-0.3, -0.25) is 0 Å². The zero-order valence-electron chi connectivity index (χ0n) is 10.2. The van der Waals surface area contributed by atoms with Crippen molar-refractivity contribution in [3.63, 3.8) is 0 Å². The van der Waals surface area contributed by atoms with Gasteiger partial charge in [0.1, 0.15) is 5.82 Å². The van der Waals surface area contributed by atoms with Crippen molar-refractivity contribution in [3.8, 4) is 10.8 Å². The van der Waals surface area contributed by atoms with Crippen molar-refractivity contribution in [1.29, 1.82) is 0 Å². The topological polar surface area (TPSA) is 101 Å². The number of halogens is 1. The fourth-order valence-electron chi connectivity index (χ4n) is 1.83. The number of oxazole rings is 1. The molecule has 0 bridgehead atoms. The lowest BCUT2D eigenvalue weighted by Gasteiger charge is -1.87. The van der Waals surface area contributed by atoms with Crippen molar-refractivity contribution in [2.75, 3.05) is 0 Å². The first kappa shape index (κ1) is 13.3. The molecule has 0 saturated heterocycles. The van der Waals surface area contributed by atoms with Gasteiger partial charge in [-0.05, 0) is 23.6 Å². The largest absolute Gasteiger partial charge is 0.476 e. The molecule has 0 unspecified atom stereocenters. The Labute approximate surface area is 120 Å². The molecule has 0 fully saturated rings. The molecule has 3 aromatic rings. The number of carboxylic acids is 2. The molecule has 0 aliphatic rings. The van der Waals surface area contributed by atoms with E-state index in [-0.39, 0.29) is 5.89 Å². The quantitative estimate of drug-likeness (QED) is 0.771. The Balaban J connectivity index is 2.16. The normalized spacial score (nSPS) is 10.9. The van der Waals surface area contributed by atoms with Crippen molar-refractivity contribution in [3.05, 3.63) is 41.5 Å². The van der Waals surface area contributed by atoms with Crippen LogP contribution in [-0.2, 0) is 0 Å². The van der Waals surface area contributed by atoms with Gasteiger partial charge in [0.2, 0.25) is 17.3 Å². The van der Waals surface area contributed by atoms with E-state index < -0.39 is 29.2 Å². The summed E-state index contributed by atoms with van der Waals surface area (Å²) >= 11 is 1.13. The van der Waals surface area contributed by atoms with Crippen LogP contribution in [0.5, 0.6) is 0 Å². The summed E-state index contributed by atoms with van der Waals surface area (Å²) in [6.07, 6.45) is 0. The maximum Gasteiger partial charge on any atom is 0.374 e. The molecule has 3 rings (SSSR count). The Morgan fingerprint density at radius 1 is 1.19 bits per heavy atom. The van der Waals surface area contributed by atoms with E-state index in [1.165, 1.54) is 12.1 Å². The monoisotopic (exact) mass is 307 g/mol. The maximum absolute atomic E-state index is 13.1. The lowest BCUT2D eigenvalue weighted by Crippen LogP contribution is -2.05. The van der Waals surface area contributed by atoms with E-state index in [0.717, 1.165) is 16.7 Å². The lowest BCUT2D eigenvalue weighted by molar-refractivity contribution is 0.0624. The predicted molar refractivity (Wildman–Crippen MR) is 71.2 cm³/mol. The summed E-state index contributed by atoms with van der Waals surface area (Å²) in [5, 5.41) is 18.6. The van der Waals surface area contributed by atoms with Gasteiger partial charge in [-0.25, -0.2) is 19.0 Å². The van der Waals surface area contributed by atoms with E-state index in [2.05, 4.69) is 4.98 Å². The molecule has 8 heteroatoms. The number of carboxylic acid groups (broad SMARTS) is 2. The van der Waals surface area contributed by atoms with E-state index in [0.29, 0.717) is 9.58 Å². The Morgan fingerprint density at radius 3 is 2.57 bits per heavy atom. The summed E-state index contributed by atoms with van der Waals surface area (Å²) in [5.41, 5.74) is -0.666. The molecule has 6 nitrogen and oxygen atoms in total. The first-order valence-corrected chi connectivity index (χ1v) is 6.44. The molecule has 0 aliphatic heterocycles. The molecular formula is C13H6FNO5S. The minimum atomic E-state index is -1.52. The van der Waals surface area contributed by atoms with Gasteiger partial charge in [0.25, 0.3) is 0 Å². The molecule has 0 amide bonds. The van der Waals surface area contributed by atoms with Crippen LogP contribution in [0.1, 0.15) is 21.0 Å². The van der Waals surface area contributed by atoms with E-state index in [1.807, 2.05) is 0 Å². The molecule has 2 aromatic heterocycles. The van der Waals surface area contributed by atoms with Crippen molar-refractivity contribution in [2.45, 2.75) is 0 Å². The second-order valence-corrected chi connectivity index (χ2v) is 5.18. The van der Waals surface area contributed by atoms with Crippen LogP contribution in [0, 0.1) is 5.82 Å². The van der Waals surface area contributed by atoms with E-state index in [9.17, 15) is 14.0 Å². The number of aromatic nitrogens is 1. The predicted octanol–water partition coefficient (Wildman–Crippen LogP) is 3.09. The van der Waals surface area contributed by atoms with Crippen molar-refractivity contribution in [2.24, 2.45) is 0 Å².